The number of hydrogen-bond acceptors (Lipinski definition) is 3. The molecule has 1 atom stereocenters. The molecule has 0 spiro atoms. The number of aliphatic imine (C=N–C) groups is 1. The molecule has 1 unspecified atom stereocenters. The minimum absolute atomic E-state index is 0.196. The van der Waals surface area contributed by atoms with E-state index in [4.69, 9.17) is 0 Å². The fourth-order valence-corrected chi connectivity index (χ4v) is 3.17. The number of rotatable bonds is 6. The monoisotopic (exact) mass is 340 g/mol. The van der Waals surface area contributed by atoms with Crippen LogP contribution in [0, 0.1) is 0 Å². The Balaban J connectivity index is 1.54. The van der Waals surface area contributed by atoms with E-state index in [2.05, 4.69) is 56.7 Å². The van der Waals surface area contributed by atoms with Crippen LogP contribution in [0.1, 0.15) is 31.4 Å². The summed E-state index contributed by atoms with van der Waals surface area (Å²) >= 11 is 0. The quantitative estimate of drug-likeness (QED) is 0.626. The average molecular weight is 340 g/mol. The molecule has 134 valence electrons. The molecule has 1 aliphatic rings. The van der Waals surface area contributed by atoms with Crippen molar-refractivity contribution >= 4 is 11.6 Å². The average Bonchev–Trinajstić information content (AvgIpc) is 3.34. The van der Waals surface area contributed by atoms with Crippen molar-refractivity contribution < 1.29 is 0 Å². The van der Waals surface area contributed by atoms with Gasteiger partial charge in [0.25, 0.3) is 0 Å². The summed E-state index contributed by atoms with van der Waals surface area (Å²) in [5.74, 6) is 0.819. The zero-order valence-corrected chi connectivity index (χ0v) is 15.2. The third-order valence-electron chi connectivity index (χ3n) is 4.64. The summed E-state index contributed by atoms with van der Waals surface area (Å²) in [4.78, 5) is 10.9. The zero-order chi connectivity index (χ0) is 17.5. The van der Waals surface area contributed by atoms with Gasteiger partial charge in [0, 0.05) is 51.3 Å². The lowest BCUT2D eigenvalue weighted by molar-refractivity contribution is 0.640. The highest BCUT2D eigenvalue weighted by Gasteiger charge is 2.14. The van der Waals surface area contributed by atoms with Gasteiger partial charge in [-0.15, -0.1) is 0 Å². The Morgan fingerprint density at radius 3 is 2.88 bits per heavy atom. The van der Waals surface area contributed by atoms with E-state index < -0.39 is 0 Å². The number of nitrogens with one attached hydrogen (secondary N) is 2. The molecule has 0 amide bonds. The van der Waals surface area contributed by atoms with Crippen molar-refractivity contribution in [3.63, 3.8) is 0 Å². The maximum atomic E-state index is 4.33. The molecule has 0 aliphatic carbocycles. The van der Waals surface area contributed by atoms with Crippen LogP contribution in [0.15, 0.2) is 48.0 Å². The predicted octanol–water partition coefficient (Wildman–Crippen LogP) is 2.41. The predicted molar refractivity (Wildman–Crippen MR) is 103 cm³/mol. The zero-order valence-electron chi connectivity index (χ0n) is 15.2. The van der Waals surface area contributed by atoms with Crippen LogP contribution in [0.25, 0.3) is 0 Å². The SMILES string of the molecule is CN=C(NCCn1ccnc1)NC(C)c1cccc(N2CCCC2)c1. The Labute approximate surface area is 150 Å². The third-order valence-corrected chi connectivity index (χ3v) is 4.64. The molecule has 2 heterocycles. The summed E-state index contributed by atoms with van der Waals surface area (Å²) < 4.78 is 2.04. The molecule has 6 nitrogen and oxygen atoms in total. The summed E-state index contributed by atoms with van der Waals surface area (Å²) in [5.41, 5.74) is 2.61. The highest BCUT2D eigenvalue weighted by Crippen LogP contribution is 2.23. The first kappa shape index (κ1) is 17.3. The van der Waals surface area contributed by atoms with Crippen molar-refractivity contribution in [3.8, 4) is 0 Å². The van der Waals surface area contributed by atoms with Gasteiger partial charge in [0.15, 0.2) is 5.96 Å². The van der Waals surface area contributed by atoms with Gasteiger partial charge in [0.05, 0.1) is 12.4 Å². The molecular formula is C19H28N6. The van der Waals surface area contributed by atoms with Gasteiger partial charge < -0.3 is 20.1 Å². The molecule has 1 saturated heterocycles. The van der Waals surface area contributed by atoms with Crippen LogP contribution in [0.5, 0.6) is 0 Å². The fourth-order valence-electron chi connectivity index (χ4n) is 3.17. The van der Waals surface area contributed by atoms with Gasteiger partial charge in [-0.3, -0.25) is 4.99 Å². The summed E-state index contributed by atoms with van der Waals surface area (Å²) in [6.07, 6.45) is 8.17. The van der Waals surface area contributed by atoms with Crippen molar-refractivity contribution in [2.24, 2.45) is 4.99 Å². The van der Waals surface area contributed by atoms with Crippen molar-refractivity contribution in [1.82, 2.24) is 20.2 Å². The maximum Gasteiger partial charge on any atom is 0.191 e. The van der Waals surface area contributed by atoms with Crippen LogP contribution in [0.4, 0.5) is 5.69 Å². The number of imidazole rings is 1. The van der Waals surface area contributed by atoms with Crippen LogP contribution in [0.3, 0.4) is 0 Å². The van der Waals surface area contributed by atoms with E-state index in [0.29, 0.717) is 0 Å². The van der Waals surface area contributed by atoms with Crippen molar-refractivity contribution in [1.29, 1.82) is 0 Å². The van der Waals surface area contributed by atoms with Crippen molar-refractivity contribution in [2.45, 2.75) is 32.4 Å². The number of benzene rings is 1. The highest BCUT2D eigenvalue weighted by molar-refractivity contribution is 5.80. The van der Waals surface area contributed by atoms with E-state index >= 15 is 0 Å². The van der Waals surface area contributed by atoms with Crippen LogP contribution in [-0.2, 0) is 6.54 Å². The van der Waals surface area contributed by atoms with E-state index in [1.165, 1.54) is 37.2 Å². The largest absolute Gasteiger partial charge is 0.372 e. The molecule has 1 aromatic carbocycles. The van der Waals surface area contributed by atoms with Crippen LogP contribution >= 0.6 is 0 Å². The Kier molecular flexibility index (Phi) is 5.93. The lowest BCUT2D eigenvalue weighted by atomic mass is 10.1. The number of hydrogen-bond donors (Lipinski definition) is 2. The molecule has 2 N–H and O–H groups in total. The van der Waals surface area contributed by atoms with E-state index in [9.17, 15) is 0 Å². The Morgan fingerprint density at radius 2 is 2.16 bits per heavy atom. The normalized spacial score (nSPS) is 16.1. The van der Waals surface area contributed by atoms with E-state index in [1.54, 1.807) is 13.2 Å². The first-order valence-electron chi connectivity index (χ1n) is 9.04. The summed E-state index contributed by atoms with van der Waals surface area (Å²) in [6, 6.07) is 9.02. The van der Waals surface area contributed by atoms with Gasteiger partial charge in [0.1, 0.15) is 0 Å². The fraction of sp³-hybridized carbons (Fsp3) is 0.474. The minimum atomic E-state index is 0.196. The number of guanidine groups is 1. The second-order valence-corrected chi connectivity index (χ2v) is 6.45. The summed E-state index contributed by atoms with van der Waals surface area (Å²) in [6.45, 7) is 6.17. The smallest absolute Gasteiger partial charge is 0.191 e. The topological polar surface area (TPSA) is 57.5 Å². The Morgan fingerprint density at radius 1 is 1.32 bits per heavy atom. The van der Waals surface area contributed by atoms with Crippen LogP contribution < -0.4 is 15.5 Å². The van der Waals surface area contributed by atoms with Gasteiger partial charge >= 0.3 is 0 Å². The van der Waals surface area contributed by atoms with Gasteiger partial charge in [-0.05, 0) is 37.5 Å². The lowest BCUT2D eigenvalue weighted by Crippen LogP contribution is -2.40. The first-order chi connectivity index (χ1) is 12.3. The molecule has 6 heteroatoms. The molecule has 0 bridgehead atoms. The van der Waals surface area contributed by atoms with Gasteiger partial charge in [-0.2, -0.15) is 0 Å². The van der Waals surface area contributed by atoms with E-state index in [-0.39, 0.29) is 6.04 Å². The highest BCUT2D eigenvalue weighted by atomic mass is 15.2. The molecule has 0 radical (unpaired) electrons. The molecule has 0 saturated carbocycles. The molecule has 1 aliphatic heterocycles. The molecule has 2 aromatic rings. The van der Waals surface area contributed by atoms with Crippen LogP contribution in [-0.4, -0.2) is 42.2 Å². The van der Waals surface area contributed by atoms with E-state index in [1.807, 2.05) is 17.1 Å². The third kappa shape index (κ3) is 4.75. The second kappa shape index (κ2) is 8.55. The molecule has 25 heavy (non-hydrogen) atoms. The Hall–Kier alpha value is -2.50. The molecule has 1 aromatic heterocycles. The Bertz CT molecular complexity index is 673. The van der Waals surface area contributed by atoms with Gasteiger partial charge in [-0.1, -0.05) is 12.1 Å². The second-order valence-electron chi connectivity index (χ2n) is 6.45. The van der Waals surface area contributed by atoms with E-state index in [0.717, 1.165) is 19.0 Å². The van der Waals surface area contributed by atoms with Crippen LogP contribution in [0.2, 0.25) is 0 Å². The molecule has 3 rings (SSSR count). The van der Waals surface area contributed by atoms with Gasteiger partial charge in [-0.25, -0.2) is 4.98 Å². The summed E-state index contributed by atoms with van der Waals surface area (Å²) in [5, 5.41) is 6.83. The van der Waals surface area contributed by atoms with Crippen molar-refractivity contribution in [2.75, 3.05) is 31.6 Å². The maximum absolute atomic E-state index is 4.33. The van der Waals surface area contributed by atoms with Crippen molar-refractivity contribution in [3.05, 3.63) is 48.5 Å². The standard InChI is InChI=1S/C19H28N6/c1-16(17-6-5-7-18(14-17)25-10-3-4-11-25)23-19(20-2)22-9-13-24-12-8-21-15-24/h5-8,12,14-16H,3-4,9-11,13H2,1-2H3,(H2,20,22,23). The molecule has 1 fully saturated rings. The number of anilines is 1. The number of aromatic nitrogens is 2. The van der Waals surface area contributed by atoms with Gasteiger partial charge in [0.2, 0.25) is 0 Å². The minimum Gasteiger partial charge on any atom is -0.372 e. The summed E-state index contributed by atoms with van der Waals surface area (Å²) in [7, 11) is 1.81. The number of nitrogens with zero attached hydrogens (tertiary/aromatic N) is 4. The lowest BCUT2D eigenvalue weighted by Gasteiger charge is -2.22. The first-order valence-corrected chi connectivity index (χ1v) is 9.04. The molecular weight excluding hydrogens is 312 g/mol.